The molecule has 0 aromatic carbocycles. The first kappa shape index (κ1) is 10.6. The molecule has 1 aliphatic carbocycles. The van der Waals surface area contributed by atoms with Crippen LogP contribution in [-0.4, -0.2) is 11.1 Å². The molecule has 2 heteroatoms. The van der Waals surface area contributed by atoms with Crippen LogP contribution in [0.25, 0.3) is 0 Å². The smallest absolute Gasteiger partial charge is 0.310 e. The van der Waals surface area contributed by atoms with Crippen molar-refractivity contribution in [2.45, 2.75) is 47.0 Å². The second-order valence-corrected chi connectivity index (χ2v) is 5.49. The molecule has 1 N–H and O–H groups in total. The number of rotatable bonds is 1. The van der Waals surface area contributed by atoms with E-state index in [1.807, 2.05) is 20.8 Å². The third-order valence-electron chi connectivity index (χ3n) is 3.61. The molecule has 0 amide bonds. The molecule has 0 saturated heterocycles. The number of carboxylic acids is 1. The number of hydrogen-bond acceptors (Lipinski definition) is 1. The highest BCUT2D eigenvalue weighted by molar-refractivity contribution is 5.76. The SMILES string of the molecule is CC1CCC(C(=O)O)(C(C)(C)C)C1. The fraction of sp³-hybridized carbons (Fsp3) is 0.909. The van der Waals surface area contributed by atoms with E-state index in [0.717, 1.165) is 19.3 Å². The summed E-state index contributed by atoms with van der Waals surface area (Å²) in [6, 6.07) is 0. The Morgan fingerprint density at radius 2 is 2.00 bits per heavy atom. The van der Waals surface area contributed by atoms with Gasteiger partial charge in [0, 0.05) is 0 Å². The zero-order valence-corrected chi connectivity index (χ0v) is 9.05. The lowest BCUT2D eigenvalue weighted by Gasteiger charge is -2.38. The molecule has 1 saturated carbocycles. The summed E-state index contributed by atoms with van der Waals surface area (Å²) in [6.45, 7) is 8.27. The van der Waals surface area contributed by atoms with Gasteiger partial charge in [0.05, 0.1) is 5.41 Å². The minimum Gasteiger partial charge on any atom is -0.481 e. The Balaban J connectivity index is 2.97. The molecule has 0 bridgehead atoms. The maximum absolute atomic E-state index is 11.3. The third kappa shape index (κ3) is 1.59. The van der Waals surface area contributed by atoms with Crippen molar-refractivity contribution in [2.75, 3.05) is 0 Å². The minimum atomic E-state index is -0.607. The average Bonchev–Trinajstić information content (AvgIpc) is 2.30. The lowest BCUT2D eigenvalue weighted by atomic mass is 9.65. The first-order valence-electron chi connectivity index (χ1n) is 5.03. The van der Waals surface area contributed by atoms with Gasteiger partial charge in [0.15, 0.2) is 0 Å². The van der Waals surface area contributed by atoms with Gasteiger partial charge in [-0.05, 0) is 30.6 Å². The second kappa shape index (κ2) is 3.00. The molecular formula is C11H20O2. The van der Waals surface area contributed by atoms with E-state index in [0.29, 0.717) is 5.92 Å². The van der Waals surface area contributed by atoms with Crippen LogP contribution in [-0.2, 0) is 4.79 Å². The van der Waals surface area contributed by atoms with E-state index in [-0.39, 0.29) is 5.41 Å². The summed E-state index contributed by atoms with van der Waals surface area (Å²) >= 11 is 0. The summed E-state index contributed by atoms with van der Waals surface area (Å²) < 4.78 is 0. The molecule has 0 radical (unpaired) electrons. The Labute approximate surface area is 80.3 Å². The summed E-state index contributed by atoms with van der Waals surface area (Å²) in [5.41, 5.74) is -0.601. The maximum atomic E-state index is 11.3. The van der Waals surface area contributed by atoms with E-state index in [9.17, 15) is 9.90 Å². The fourth-order valence-corrected chi connectivity index (χ4v) is 2.49. The highest BCUT2D eigenvalue weighted by Gasteiger charge is 2.52. The van der Waals surface area contributed by atoms with E-state index in [4.69, 9.17) is 0 Å². The van der Waals surface area contributed by atoms with Crippen molar-refractivity contribution in [1.82, 2.24) is 0 Å². The van der Waals surface area contributed by atoms with Gasteiger partial charge >= 0.3 is 5.97 Å². The Morgan fingerprint density at radius 1 is 1.46 bits per heavy atom. The Bertz CT molecular complexity index is 215. The van der Waals surface area contributed by atoms with Gasteiger partial charge in [0.1, 0.15) is 0 Å². The molecule has 2 nitrogen and oxygen atoms in total. The third-order valence-corrected chi connectivity index (χ3v) is 3.61. The predicted molar refractivity (Wildman–Crippen MR) is 52.5 cm³/mol. The Kier molecular flexibility index (Phi) is 2.44. The topological polar surface area (TPSA) is 37.3 Å². The van der Waals surface area contributed by atoms with Gasteiger partial charge in [0.25, 0.3) is 0 Å². The number of hydrogen-bond donors (Lipinski definition) is 1. The molecule has 13 heavy (non-hydrogen) atoms. The van der Waals surface area contributed by atoms with Crippen LogP contribution in [0.4, 0.5) is 0 Å². The van der Waals surface area contributed by atoms with Crippen LogP contribution >= 0.6 is 0 Å². The van der Waals surface area contributed by atoms with Crippen molar-refractivity contribution in [2.24, 2.45) is 16.7 Å². The molecule has 2 atom stereocenters. The lowest BCUT2D eigenvalue weighted by molar-refractivity contribution is -0.156. The van der Waals surface area contributed by atoms with Crippen LogP contribution < -0.4 is 0 Å². The first-order valence-corrected chi connectivity index (χ1v) is 5.03. The van der Waals surface area contributed by atoms with E-state index in [1.165, 1.54) is 0 Å². The van der Waals surface area contributed by atoms with Gasteiger partial charge < -0.3 is 5.11 Å². The van der Waals surface area contributed by atoms with E-state index < -0.39 is 11.4 Å². The molecule has 0 spiro atoms. The molecule has 1 aliphatic rings. The van der Waals surface area contributed by atoms with Crippen LogP contribution in [0.15, 0.2) is 0 Å². The largest absolute Gasteiger partial charge is 0.481 e. The Morgan fingerprint density at radius 3 is 2.15 bits per heavy atom. The van der Waals surface area contributed by atoms with E-state index >= 15 is 0 Å². The lowest BCUT2D eigenvalue weighted by Crippen LogP contribution is -2.40. The van der Waals surface area contributed by atoms with Gasteiger partial charge in [-0.2, -0.15) is 0 Å². The molecule has 2 unspecified atom stereocenters. The summed E-state index contributed by atoms with van der Waals surface area (Å²) in [5.74, 6) is -0.0420. The minimum absolute atomic E-state index is 0.121. The first-order chi connectivity index (χ1) is 5.79. The van der Waals surface area contributed by atoms with Crippen LogP contribution in [0.3, 0.4) is 0 Å². The molecule has 0 heterocycles. The number of carboxylic acid groups (broad SMARTS) is 1. The zero-order chi connectivity index (χ0) is 10.3. The van der Waals surface area contributed by atoms with Crippen molar-refractivity contribution in [1.29, 1.82) is 0 Å². The highest BCUT2D eigenvalue weighted by Crippen LogP contribution is 2.53. The molecule has 76 valence electrons. The molecule has 0 aromatic rings. The molecule has 0 aromatic heterocycles. The van der Waals surface area contributed by atoms with Gasteiger partial charge in [-0.1, -0.05) is 27.7 Å². The van der Waals surface area contributed by atoms with Crippen LogP contribution in [0.1, 0.15) is 47.0 Å². The van der Waals surface area contributed by atoms with E-state index in [2.05, 4.69) is 6.92 Å². The van der Waals surface area contributed by atoms with Crippen molar-refractivity contribution in [3.63, 3.8) is 0 Å². The van der Waals surface area contributed by atoms with Gasteiger partial charge in [-0.3, -0.25) is 4.79 Å². The summed E-state index contributed by atoms with van der Waals surface area (Å²) in [6.07, 6.45) is 2.74. The summed E-state index contributed by atoms with van der Waals surface area (Å²) in [4.78, 5) is 11.3. The highest BCUT2D eigenvalue weighted by atomic mass is 16.4. The average molecular weight is 184 g/mol. The van der Waals surface area contributed by atoms with Gasteiger partial charge in [-0.25, -0.2) is 0 Å². The molecule has 1 fully saturated rings. The van der Waals surface area contributed by atoms with Gasteiger partial charge in [-0.15, -0.1) is 0 Å². The van der Waals surface area contributed by atoms with Crippen molar-refractivity contribution >= 4 is 5.97 Å². The predicted octanol–water partition coefficient (Wildman–Crippen LogP) is 2.92. The van der Waals surface area contributed by atoms with Crippen LogP contribution in [0.2, 0.25) is 0 Å². The van der Waals surface area contributed by atoms with Crippen molar-refractivity contribution in [3.05, 3.63) is 0 Å². The summed E-state index contributed by atoms with van der Waals surface area (Å²) in [7, 11) is 0. The van der Waals surface area contributed by atoms with Crippen LogP contribution in [0, 0.1) is 16.7 Å². The quantitative estimate of drug-likeness (QED) is 0.680. The molecule has 1 rings (SSSR count). The maximum Gasteiger partial charge on any atom is 0.310 e. The van der Waals surface area contributed by atoms with Gasteiger partial charge in [0.2, 0.25) is 0 Å². The second-order valence-electron chi connectivity index (χ2n) is 5.49. The molecule has 0 aliphatic heterocycles. The monoisotopic (exact) mass is 184 g/mol. The number of aliphatic carboxylic acids is 1. The normalized spacial score (nSPS) is 34.9. The zero-order valence-electron chi connectivity index (χ0n) is 9.05. The van der Waals surface area contributed by atoms with Crippen LogP contribution in [0.5, 0.6) is 0 Å². The van der Waals surface area contributed by atoms with Crippen molar-refractivity contribution < 1.29 is 9.90 Å². The van der Waals surface area contributed by atoms with E-state index in [1.54, 1.807) is 0 Å². The Hall–Kier alpha value is -0.530. The standard InChI is InChI=1S/C11H20O2/c1-8-5-6-11(7-8,9(12)13)10(2,3)4/h8H,5-7H2,1-4H3,(H,12,13). The fourth-order valence-electron chi connectivity index (χ4n) is 2.49. The summed E-state index contributed by atoms with van der Waals surface area (Å²) in [5, 5.41) is 9.32. The van der Waals surface area contributed by atoms with Crippen molar-refractivity contribution in [3.8, 4) is 0 Å². The number of carbonyl (C=O) groups is 1. The molecular weight excluding hydrogens is 164 g/mol.